The summed E-state index contributed by atoms with van der Waals surface area (Å²) in [5.74, 6) is 0.418. The number of unbranched alkanes of at least 4 members (excludes halogenated alkanes) is 2. The molecule has 1 aromatic carbocycles. The number of aryl methyl sites for hydroxylation is 1. The van der Waals surface area contributed by atoms with Crippen molar-refractivity contribution < 1.29 is 14.3 Å². The van der Waals surface area contributed by atoms with Gasteiger partial charge >= 0.3 is 0 Å². The fourth-order valence-corrected chi connectivity index (χ4v) is 4.56. The first-order valence-corrected chi connectivity index (χ1v) is 10.4. The molecule has 1 heterocycles. The van der Waals surface area contributed by atoms with Gasteiger partial charge in [-0.05, 0) is 55.5 Å². The summed E-state index contributed by atoms with van der Waals surface area (Å²) in [5.41, 5.74) is 2.26. The summed E-state index contributed by atoms with van der Waals surface area (Å²) >= 11 is 1.52. The number of carbonyl (C=O) groups is 2. The molecule has 3 rings (SSSR count). The van der Waals surface area contributed by atoms with Crippen molar-refractivity contribution >= 4 is 28.2 Å². The zero-order chi connectivity index (χ0) is 19.2. The molecule has 144 valence electrons. The van der Waals surface area contributed by atoms with Gasteiger partial charge in [0.05, 0.1) is 12.2 Å². The van der Waals surface area contributed by atoms with Crippen LogP contribution in [0.15, 0.2) is 24.3 Å². The Morgan fingerprint density at radius 3 is 2.59 bits per heavy atom. The van der Waals surface area contributed by atoms with Crippen molar-refractivity contribution in [3.8, 4) is 5.75 Å². The van der Waals surface area contributed by atoms with E-state index in [9.17, 15) is 9.59 Å². The molecule has 5 nitrogen and oxygen atoms in total. The number of amides is 2. The van der Waals surface area contributed by atoms with Gasteiger partial charge < -0.3 is 15.4 Å². The van der Waals surface area contributed by atoms with Gasteiger partial charge in [-0.15, -0.1) is 11.3 Å². The zero-order valence-corrected chi connectivity index (χ0v) is 16.7. The van der Waals surface area contributed by atoms with Crippen LogP contribution in [-0.4, -0.2) is 25.5 Å². The summed E-state index contributed by atoms with van der Waals surface area (Å²) in [6, 6.07) is 7.14. The Morgan fingerprint density at radius 1 is 1.11 bits per heavy atom. The molecule has 0 bridgehead atoms. The highest BCUT2D eigenvalue weighted by atomic mass is 32.1. The van der Waals surface area contributed by atoms with Gasteiger partial charge in [0.1, 0.15) is 10.8 Å². The highest BCUT2D eigenvalue weighted by Gasteiger charge is 2.27. The number of anilines is 1. The second-order valence-corrected chi connectivity index (χ2v) is 7.78. The normalized spacial score (nSPS) is 12.5. The number of fused-ring (bicyclic) bond motifs is 1. The summed E-state index contributed by atoms with van der Waals surface area (Å²) in [6.45, 7) is 2.85. The second kappa shape index (κ2) is 9.04. The number of nitrogens with one attached hydrogen (secondary N) is 2. The average molecular weight is 387 g/mol. The predicted molar refractivity (Wildman–Crippen MR) is 109 cm³/mol. The third-order valence-electron chi connectivity index (χ3n) is 4.74. The number of thiophene rings is 1. The summed E-state index contributed by atoms with van der Waals surface area (Å²) in [5, 5.41) is 6.26. The molecule has 0 spiro atoms. The van der Waals surface area contributed by atoms with E-state index in [0.717, 1.165) is 49.8 Å². The van der Waals surface area contributed by atoms with Crippen LogP contribution in [0.3, 0.4) is 0 Å². The molecule has 6 heteroatoms. The Morgan fingerprint density at radius 2 is 1.89 bits per heavy atom. The van der Waals surface area contributed by atoms with Gasteiger partial charge in [-0.3, -0.25) is 9.59 Å². The van der Waals surface area contributed by atoms with Crippen LogP contribution in [0.25, 0.3) is 0 Å². The molecular weight excluding hydrogens is 360 g/mol. The van der Waals surface area contributed by atoms with E-state index in [1.807, 2.05) is 12.1 Å². The first-order valence-electron chi connectivity index (χ1n) is 9.54. The first-order chi connectivity index (χ1) is 13.1. The van der Waals surface area contributed by atoms with Crippen LogP contribution in [0.2, 0.25) is 0 Å². The number of hydrogen-bond donors (Lipinski definition) is 2. The lowest BCUT2D eigenvalue weighted by Gasteiger charge is -2.09. The average Bonchev–Trinajstić information content (AvgIpc) is 3.26. The van der Waals surface area contributed by atoms with Crippen LogP contribution < -0.4 is 15.4 Å². The Labute approximate surface area is 164 Å². The molecule has 1 aliphatic carbocycles. The molecule has 1 aliphatic rings. The van der Waals surface area contributed by atoms with E-state index in [-0.39, 0.29) is 11.8 Å². The van der Waals surface area contributed by atoms with Crippen LogP contribution in [0, 0.1) is 0 Å². The first kappa shape index (κ1) is 19.4. The summed E-state index contributed by atoms with van der Waals surface area (Å²) in [6.07, 6.45) is 6.28. The minimum Gasteiger partial charge on any atom is -0.494 e. The van der Waals surface area contributed by atoms with Crippen LogP contribution in [0.5, 0.6) is 5.75 Å². The van der Waals surface area contributed by atoms with E-state index in [1.165, 1.54) is 16.2 Å². The minimum atomic E-state index is -0.211. The molecule has 1 aromatic heterocycles. The lowest BCUT2D eigenvalue weighted by Crippen LogP contribution is -2.21. The van der Waals surface area contributed by atoms with Gasteiger partial charge in [0, 0.05) is 17.5 Å². The van der Waals surface area contributed by atoms with Gasteiger partial charge in [-0.25, -0.2) is 0 Å². The summed E-state index contributed by atoms with van der Waals surface area (Å²) in [4.78, 5) is 26.1. The smallest absolute Gasteiger partial charge is 0.256 e. The van der Waals surface area contributed by atoms with Crippen molar-refractivity contribution in [3.05, 3.63) is 45.8 Å². The van der Waals surface area contributed by atoms with E-state index in [1.54, 1.807) is 19.2 Å². The highest BCUT2D eigenvalue weighted by Crippen LogP contribution is 2.39. The lowest BCUT2D eigenvalue weighted by atomic mass is 10.1. The Kier molecular flexibility index (Phi) is 6.50. The fraction of sp³-hybridized carbons (Fsp3) is 0.429. The van der Waals surface area contributed by atoms with Gasteiger partial charge in [-0.2, -0.15) is 0 Å². The van der Waals surface area contributed by atoms with E-state index >= 15 is 0 Å². The lowest BCUT2D eigenvalue weighted by molar-refractivity contribution is 0.0963. The van der Waals surface area contributed by atoms with Crippen molar-refractivity contribution in [1.82, 2.24) is 5.32 Å². The zero-order valence-electron chi connectivity index (χ0n) is 15.9. The molecule has 0 fully saturated rings. The van der Waals surface area contributed by atoms with Gasteiger partial charge in [-0.1, -0.05) is 19.8 Å². The standard InChI is InChI=1S/C21H26N2O3S/c1-3-4-5-13-26-15-11-9-14(10-12-15)19(24)23-21-18(20(25)22-2)16-7-6-8-17(16)27-21/h9-12H,3-8,13H2,1-2H3,(H,22,25)(H,23,24). The quantitative estimate of drug-likeness (QED) is 0.660. The molecule has 0 aliphatic heterocycles. The maximum atomic E-state index is 12.6. The molecule has 0 atom stereocenters. The maximum absolute atomic E-state index is 12.6. The summed E-state index contributed by atoms with van der Waals surface area (Å²) in [7, 11) is 1.62. The largest absolute Gasteiger partial charge is 0.494 e. The van der Waals surface area contributed by atoms with E-state index < -0.39 is 0 Å². The Balaban J connectivity index is 1.68. The molecule has 27 heavy (non-hydrogen) atoms. The number of ether oxygens (including phenoxy) is 1. The molecule has 0 unspecified atom stereocenters. The summed E-state index contributed by atoms with van der Waals surface area (Å²) < 4.78 is 5.68. The molecule has 2 aromatic rings. The second-order valence-electron chi connectivity index (χ2n) is 6.67. The van der Waals surface area contributed by atoms with Crippen molar-refractivity contribution in [3.63, 3.8) is 0 Å². The third kappa shape index (κ3) is 4.50. The Bertz CT molecular complexity index is 812. The van der Waals surface area contributed by atoms with E-state index in [0.29, 0.717) is 22.7 Å². The number of carbonyl (C=O) groups excluding carboxylic acids is 2. The number of hydrogen-bond acceptors (Lipinski definition) is 4. The maximum Gasteiger partial charge on any atom is 0.256 e. The van der Waals surface area contributed by atoms with Crippen LogP contribution in [-0.2, 0) is 12.8 Å². The predicted octanol–water partition coefficient (Wildman–Crippen LogP) is 4.42. The number of rotatable bonds is 8. The third-order valence-corrected chi connectivity index (χ3v) is 5.94. The highest BCUT2D eigenvalue weighted by molar-refractivity contribution is 7.17. The van der Waals surface area contributed by atoms with Gasteiger partial charge in [0.2, 0.25) is 0 Å². The van der Waals surface area contributed by atoms with Crippen molar-refractivity contribution in [2.75, 3.05) is 19.0 Å². The molecule has 2 amide bonds. The van der Waals surface area contributed by atoms with Crippen LogP contribution in [0.4, 0.5) is 5.00 Å². The molecule has 2 N–H and O–H groups in total. The minimum absolute atomic E-state index is 0.138. The van der Waals surface area contributed by atoms with Gasteiger partial charge in [0.15, 0.2) is 0 Å². The van der Waals surface area contributed by atoms with E-state index in [4.69, 9.17) is 4.74 Å². The molecule has 0 saturated heterocycles. The molecular formula is C21H26N2O3S. The van der Waals surface area contributed by atoms with E-state index in [2.05, 4.69) is 17.6 Å². The van der Waals surface area contributed by atoms with Crippen molar-refractivity contribution in [1.29, 1.82) is 0 Å². The molecule has 0 radical (unpaired) electrons. The number of benzene rings is 1. The van der Waals surface area contributed by atoms with Crippen LogP contribution >= 0.6 is 11.3 Å². The van der Waals surface area contributed by atoms with Crippen molar-refractivity contribution in [2.24, 2.45) is 0 Å². The fourth-order valence-electron chi connectivity index (χ4n) is 3.28. The SMILES string of the molecule is CCCCCOc1ccc(C(=O)Nc2sc3c(c2C(=O)NC)CCC3)cc1. The monoisotopic (exact) mass is 386 g/mol. The topological polar surface area (TPSA) is 67.4 Å². The van der Waals surface area contributed by atoms with Crippen molar-refractivity contribution in [2.45, 2.75) is 45.4 Å². The molecule has 0 saturated carbocycles. The van der Waals surface area contributed by atoms with Gasteiger partial charge in [0.25, 0.3) is 11.8 Å². The Hall–Kier alpha value is -2.34. The van der Waals surface area contributed by atoms with Crippen LogP contribution in [0.1, 0.15) is 63.8 Å².